The molecule has 2 unspecified atom stereocenters. The van der Waals surface area contributed by atoms with E-state index < -0.39 is 192 Å². The molecule has 0 aromatic heterocycles. The Morgan fingerprint density at radius 1 is 0.598 bits per heavy atom. The highest BCUT2D eigenvalue weighted by atomic mass is 33.1. The van der Waals surface area contributed by atoms with Crippen molar-refractivity contribution in [3.05, 3.63) is 29.8 Å². The van der Waals surface area contributed by atoms with Gasteiger partial charge >= 0.3 is 5.97 Å². The van der Waals surface area contributed by atoms with Gasteiger partial charge in [0.25, 0.3) is 0 Å². The largest absolute Gasteiger partial charge is 0.508 e. The Hall–Kier alpha value is -6.87. The standard InChI is InChI=1S/C54H79N15O17S6/c1-6-30-45(76)62-31(14-24(2)3)46(77)67-38-23-92-89-19-34(48(79)64-33(54(85)86)15-27-9-11-28(70)12-10-27)60-41(72)17-57-42(73)25(4)58-47(78)35-20-90-91-21-36(49(80)61-30)66-44(75)29(55)18-87-88-22-37(68-51(38)82)50(81)63-32(16-40(56)71)53(84)69-13-7-8-39(69)52(83)59-26(5)43(74)65-35/h9-12,24-26,29-39,70H,6-8,13-23,55H2,1-5H3,(H2,56,71)(H,57,73)(H,58,78)(H,59,83)(H,60,72)(H,61,80)(H,62,76)(H,63,81)(H,64,79)(H,65,74)(H,66,75)(H,67,77)(H,68,82)(H,85,86)/t25-,26-,29-,30-,31-,32-,33-,34-,35?,36-,37-,38-,39?/m0/s1. The Bertz CT molecular complexity index is 2900. The average molecular weight is 1400 g/mol. The van der Waals surface area contributed by atoms with E-state index in [1.54, 1.807) is 20.8 Å². The number of benzene rings is 1. The van der Waals surface area contributed by atoms with E-state index in [0.29, 0.717) is 5.56 Å². The van der Waals surface area contributed by atoms with Gasteiger partial charge in [-0.1, -0.05) is 97.7 Å². The second kappa shape index (κ2) is 37.1. The normalized spacial score (nSPS) is 28.7. The lowest BCUT2D eigenvalue weighted by atomic mass is 10.0. The molecular formula is C54H79N15O17S6. The van der Waals surface area contributed by atoms with E-state index in [0.717, 1.165) is 69.7 Å². The second-order valence-electron chi connectivity index (χ2n) is 22.2. The number of hydrogen-bond acceptors (Lipinski definition) is 23. The molecule has 4 saturated heterocycles. The molecule has 1 aromatic rings. The zero-order valence-corrected chi connectivity index (χ0v) is 55.8. The summed E-state index contributed by atoms with van der Waals surface area (Å²) >= 11 is 0. The van der Waals surface area contributed by atoms with Crippen LogP contribution in [0.2, 0.25) is 0 Å². The first-order valence-electron chi connectivity index (χ1n) is 29.2. The Balaban J connectivity index is 1.69. The molecular weight excluding hydrogens is 1320 g/mol. The van der Waals surface area contributed by atoms with Crippen LogP contribution in [-0.2, 0) is 78.3 Å². The lowest BCUT2D eigenvalue weighted by molar-refractivity contribution is -0.143. The zero-order valence-electron chi connectivity index (χ0n) is 50.9. The molecule has 92 heavy (non-hydrogen) atoms. The second-order valence-corrected chi connectivity index (χ2v) is 29.9. The smallest absolute Gasteiger partial charge is 0.326 e. The van der Waals surface area contributed by atoms with Crippen LogP contribution in [0, 0.1) is 5.92 Å². The number of nitrogens with zero attached hydrogens (tertiary/aromatic N) is 1. The predicted molar refractivity (Wildman–Crippen MR) is 346 cm³/mol. The highest BCUT2D eigenvalue weighted by molar-refractivity contribution is 8.77. The SMILES string of the molecule is CC[C@@H]1NC(=O)[C@@H]2CSSCC3NC(=O)[C@H](C)NC(=O)C4CCCN4C(=O)[C@H](CC(N)=O)NC(=O)[C@H](CSSC[C@H](N)C(=O)N2)NC(=O)[C@H](CSSC[C@@H](C(=O)N[C@@H](Cc2ccc(O)cc2)C(=O)O)NC(=O)CNC(=O)[C@H](C)NC3=O)NC(=O)[C@H](CC(C)C)NC1=O. The molecule has 5 rings (SSSR count). The minimum Gasteiger partial charge on any atom is -0.508 e. The van der Waals surface area contributed by atoms with Crippen LogP contribution < -0.4 is 75.3 Å². The van der Waals surface area contributed by atoms with E-state index in [1.807, 2.05) is 0 Å². The van der Waals surface area contributed by atoms with Crippen molar-refractivity contribution in [1.29, 1.82) is 0 Å². The number of primary amides is 1. The number of nitrogens with two attached hydrogens (primary N) is 2. The molecule has 4 aliphatic rings. The van der Waals surface area contributed by atoms with Gasteiger partial charge in [0.2, 0.25) is 82.7 Å². The van der Waals surface area contributed by atoms with Gasteiger partial charge in [-0.3, -0.25) is 67.1 Å². The van der Waals surface area contributed by atoms with Gasteiger partial charge in [-0.15, -0.1) is 0 Å². The third-order valence-electron chi connectivity index (χ3n) is 14.3. The number of aliphatic carboxylic acids is 1. The van der Waals surface area contributed by atoms with Crippen LogP contribution in [0.15, 0.2) is 24.3 Å². The Morgan fingerprint density at radius 2 is 1.08 bits per heavy atom. The van der Waals surface area contributed by atoms with Crippen molar-refractivity contribution in [1.82, 2.24) is 68.7 Å². The number of phenolic OH excluding ortho intramolecular Hbond substituents is 1. The molecule has 4 fully saturated rings. The minimum absolute atomic E-state index is 0.0470. The maximum absolute atomic E-state index is 14.9. The lowest BCUT2D eigenvalue weighted by Crippen LogP contribution is -2.61. The Morgan fingerprint density at radius 3 is 1.64 bits per heavy atom. The molecule has 0 spiro atoms. The Labute approximate surface area is 553 Å². The quantitative estimate of drug-likeness (QED) is 0.0774. The van der Waals surface area contributed by atoms with Gasteiger partial charge in [0, 0.05) is 47.5 Å². The van der Waals surface area contributed by atoms with Crippen LogP contribution in [0.5, 0.6) is 5.75 Å². The summed E-state index contributed by atoms with van der Waals surface area (Å²) in [6.45, 7) is 6.67. The summed E-state index contributed by atoms with van der Waals surface area (Å²) in [5.41, 5.74) is 12.4. The number of carboxylic acids is 1. The van der Waals surface area contributed by atoms with E-state index in [-0.39, 0.29) is 73.3 Å². The Kier molecular flexibility index (Phi) is 30.6. The van der Waals surface area contributed by atoms with Crippen molar-refractivity contribution in [3.8, 4) is 5.75 Å². The number of amides is 14. The summed E-state index contributed by atoms with van der Waals surface area (Å²) in [5, 5.41) is 50.4. The number of fused-ring (bicyclic) bond motifs is 20. The molecule has 0 saturated carbocycles. The van der Waals surface area contributed by atoms with Gasteiger partial charge < -0.3 is 90.4 Å². The maximum atomic E-state index is 14.9. The highest BCUT2D eigenvalue weighted by Crippen LogP contribution is 2.28. The van der Waals surface area contributed by atoms with E-state index in [1.165, 1.54) is 38.1 Å². The molecule has 13 atom stereocenters. The monoisotopic (exact) mass is 1400 g/mol. The van der Waals surface area contributed by atoms with Gasteiger partial charge in [-0.2, -0.15) is 0 Å². The summed E-state index contributed by atoms with van der Waals surface area (Å²) in [5.74, 6) is -17.3. The van der Waals surface area contributed by atoms with Crippen molar-refractivity contribution in [2.24, 2.45) is 17.4 Å². The third-order valence-corrected chi connectivity index (χ3v) is 21.6. The van der Waals surface area contributed by atoms with Gasteiger partial charge in [-0.25, -0.2) is 4.79 Å². The first-order chi connectivity index (χ1) is 43.5. The molecule has 14 amide bonds. The molecule has 4 bridgehead atoms. The summed E-state index contributed by atoms with van der Waals surface area (Å²) in [6.07, 6.45) is -0.906. The average Bonchev–Trinajstić information content (AvgIpc) is 1.66. The van der Waals surface area contributed by atoms with E-state index in [4.69, 9.17) is 11.5 Å². The van der Waals surface area contributed by atoms with Crippen LogP contribution in [0.1, 0.15) is 72.3 Å². The molecule has 18 N–H and O–H groups in total. The number of carboxylic acid groups (broad SMARTS) is 1. The molecule has 1 aromatic carbocycles. The summed E-state index contributed by atoms with van der Waals surface area (Å²) in [4.78, 5) is 211. The van der Waals surface area contributed by atoms with Gasteiger partial charge in [-0.05, 0) is 63.1 Å². The molecule has 32 nitrogen and oxygen atoms in total. The van der Waals surface area contributed by atoms with Crippen molar-refractivity contribution in [2.45, 2.75) is 152 Å². The molecule has 4 heterocycles. The number of hydrogen-bond donors (Lipinski definition) is 16. The first-order valence-corrected chi connectivity index (χ1v) is 36.7. The van der Waals surface area contributed by atoms with Crippen molar-refractivity contribution in [2.75, 3.05) is 47.6 Å². The van der Waals surface area contributed by atoms with E-state index in [2.05, 4.69) is 63.8 Å². The summed E-state index contributed by atoms with van der Waals surface area (Å²) in [6, 6.07) is -14.1. The van der Waals surface area contributed by atoms with Crippen molar-refractivity contribution < 1.29 is 82.1 Å². The molecule has 0 radical (unpaired) electrons. The molecule has 4 aliphatic heterocycles. The topological polar surface area (TPSA) is 496 Å². The van der Waals surface area contributed by atoms with Crippen LogP contribution in [0.25, 0.3) is 0 Å². The van der Waals surface area contributed by atoms with Crippen molar-refractivity contribution >= 4 is 153 Å². The lowest BCUT2D eigenvalue weighted by Gasteiger charge is -2.30. The number of aromatic hydroxyl groups is 1. The van der Waals surface area contributed by atoms with Crippen LogP contribution >= 0.6 is 64.8 Å². The van der Waals surface area contributed by atoms with E-state index >= 15 is 0 Å². The van der Waals surface area contributed by atoms with E-state index in [9.17, 15) is 82.1 Å². The molecule has 508 valence electrons. The molecule has 38 heteroatoms. The fourth-order valence-electron chi connectivity index (χ4n) is 9.25. The number of phenols is 1. The summed E-state index contributed by atoms with van der Waals surface area (Å²) in [7, 11) is 5.40. The fourth-order valence-corrected chi connectivity index (χ4v) is 16.2. The van der Waals surface area contributed by atoms with Crippen molar-refractivity contribution in [3.63, 3.8) is 0 Å². The van der Waals surface area contributed by atoms with Gasteiger partial charge in [0.05, 0.1) is 19.0 Å². The zero-order chi connectivity index (χ0) is 67.9. The maximum Gasteiger partial charge on any atom is 0.326 e. The van der Waals surface area contributed by atoms with Crippen LogP contribution in [-0.4, -0.2) is 230 Å². The fraction of sp³-hybridized carbons (Fsp3) is 0.611. The summed E-state index contributed by atoms with van der Waals surface area (Å²) < 4.78 is 0. The third kappa shape index (κ3) is 23.9. The van der Waals surface area contributed by atoms with Crippen LogP contribution in [0.4, 0.5) is 0 Å². The highest BCUT2D eigenvalue weighted by Gasteiger charge is 2.41. The number of nitrogens with one attached hydrogen (secondary N) is 12. The van der Waals surface area contributed by atoms with Gasteiger partial charge in [0.1, 0.15) is 78.3 Å². The first kappa shape index (κ1) is 75.8. The number of carbonyl (C=O) groups is 15. The number of carbonyl (C=O) groups excluding carboxylic acids is 14. The molecule has 0 aliphatic carbocycles. The van der Waals surface area contributed by atoms with Crippen LogP contribution in [0.3, 0.4) is 0 Å². The predicted octanol–water partition coefficient (Wildman–Crippen LogP) is -4.66. The minimum atomic E-state index is -1.77. The number of rotatable bonds is 10. The van der Waals surface area contributed by atoms with Gasteiger partial charge in [0.15, 0.2) is 0 Å².